The van der Waals surface area contributed by atoms with Gasteiger partial charge < -0.3 is 28.9 Å². The van der Waals surface area contributed by atoms with Gasteiger partial charge >= 0.3 is 12.1 Å². The van der Waals surface area contributed by atoms with E-state index < -0.39 is 5.60 Å². The van der Waals surface area contributed by atoms with E-state index in [1.807, 2.05) is 37.9 Å². The number of carbonyl (C=O) groups excluding carboxylic acids is 1. The van der Waals surface area contributed by atoms with Crippen molar-refractivity contribution in [1.29, 1.82) is 0 Å². The molecule has 5 aromatic rings. The molecule has 0 aliphatic carbocycles. The number of nitrogens with zero attached hydrogens (tertiary/aromatic N) is 6. The Hall–Kier alpha value is -5.16. The number of H-pyrrole nitrogens is 1. The minimum absolute atomic E-state index is 0.0192. The van der Waals surface area contributed by atoms with Gasteiger partial charge in [-0.05, 0) is 102 Å². The summed E-state index contributed by atoms with van der Waals surface area (Å²) in [6, 6.07) is 15.2. The van der Waals surface area contributed by atoms with E-state index in [4.69, 9.17) is 24.2 Å². The molecule has 0 radical (unpaired) electrons. The van der Waals surface area contributed by atoms with E-state index >= 15 is 0 Å². The van der Waals surface area contributed by atoms with Gasteiger partial charge in [0.25, 0.3) is 0 Å². The molecule has 1 N–H and O–H groups in total. The molecular weight excluding hydrogens is 691 g/mol. The third kappa shape index (κ3) is 7.46. The number of aromatic amines is 1. The molecular formula is C44H53N7O4. The average molecular weight is 744 g/mol. The molecule has 288 valence electrons. The number of likely N-dealkylation sites (tertiary alicyclic amines) is 2. The van der Waals surface area contributed by atoms with Crippen LogP contribution in [-0.2, 0) is 11.3 Å². The molecule has 3 aromatic carbocycles. The third-order valence-corrected chi connectivity index (χ3v) is 11.5. The van der Waals surface area contributed by atoms with Gasteiger partial charge in [0.2, 0.25) is 0 Å². The normalized spacial score (nSPS) is 17.8. The zero-order valence-corrected chi connectivity index (χ0v) is 33.1. The predicted octanol–water partition coefficient (Wildman–Crippen LogP) is 8.32. The van der Waals surface area contributed by atoms with Gasteiger partial charge in [0, 0.05) is 61.0 Å². The van der Waals surface area contributed by atoms with Crippen LogP contribution < -0.4 is 14.4 Å². The number of amides is 1. The Kier molecular flexibility index (Phi) is 9.69. The van der Waals surface area contributed by atoms with Crippen molar-refractivity contribution in [2.24, 2.45) is 5.41 Å². The molecule has 3 fully saturated rings. The highest BCUT2D eigenvalue weighted by Gasteiger charge is 2.48. The number of fused-ring (bicyclic) bond motifs is 2. The molecule has 3 aliphatic heterocycles. The van der Waals surface area contributed by atoms with E-state index in [-0.39, 0.29) is 17.6 Å². The number of benzene rings is 3. The van der Waals surface area contributed by atoms with Gasteiger partial charge in [-0.15, -0.1) is 0 Å². The number of hydrogen-bond acceptors (Lipinski definition) is 9. The van der Waals surface area contributed by atoms with Crippen molar-refractivity contribution >= 4 is 39.8 Å². The van der Waals surface area contributed by atoms with Crippen molar-refractivity contribution in [1.82, 2.24) is 30.0 Å². The molecule has 0 bridgehead atoms. The summed E-state index contributed by atoms with van der Waals surface area (Å²) >= 11 is 0. The Bertz CT molecular complexity index is 2220. The number of ether oxygens (including phenoxy) is 3. The molecule has 11 nitrogen and oxygen atoms in total. The van der Waals surface area contributed by atoms with Crippen LogP contribution in [0.25, 0.3) is 39.0 Å². The molecule has 8 rings (SSSR count). The Labute approximate surface area is 323 Å². The van der Waals surface area contributed by atoms with E-state index in [0.29, 0.717) is 37.0 Å². The maximum atomic E-state index is 12.8. The van der Waals surface area contributed by atoms with Crippen molar-refractivity contribution < 1.29 is 19.0 Å². The van der Waals surface area contributed by atoms with Gasteiger partial charge in [0.15, 0.2) is 5.75 Å². The van der Waals surface area contributed by atoms with E-state index in [0.717, 1.165) is 102 Å². The number of aryl methyl sites for hydroxylation is 2. The first-order valence-electron chi connectivity index (χ1n) is 19.6. The minimum Gasteiger partial charge on any atom is -0.486 e. The zero-order chi connectivity index (χ0) is 38.5. The fourth-order valence-electron chi connectivity index (χ4n) is 8.35. The van der Waals surface area contributed by atoms with Crippen LogP contribution >= 0.6 is 0 Å². The highest BCUT2D eigenvalue weighted by Crippen LogP contribution is 2.48. The Balaban J connectivity index is 1.23. The Morgan fingerprint density at radius 1 is 0.982 bits per heavy atom. The van der Waals surface area contributed by atoms with Crippen LogP contribution in [-0.4, -0.2) is 94.1 Å². The monoisotopic (exact) mass is 743 g/mol. The molecule has 2 aromatic heterocycles. The fourth-order valence-corrected chi connectivity index (χ4v) is 8.35. The lowest BCUT2D eigenvalue weighted by molar-refractivity contribution is -0.0434. The van der Waals surface area contributed by atoms with Crippen molar-refractivity contribution in [2.45, 2.75) is 78.6 Å². The number of anilines is 1. The van der Waals surface area contributed by atoms with E-state index in [9.17, 15) is 4.79 Å². The van der Waals surface area contributed by atoms with E-state index in [1.54, 1.807) is 0 Å². The summed E-state index contributed by atoms with van der Waals surface area (Å²) < 4.78 is 19.3. The number of piperidine rings is 2. The Morgan fingerprint density at radius 2 is 1.71 bits per heavy atom. The van der Waals surface area contributed by atoms with Crippen molar-refractivity contribution in [3.05, 3.63) is 77.5 Å². The molecule has 11 heteroatoms. The van der Waals surface area contributed by atoms with Crippen LogP contribution in [0.4, 0.5) is 10.6 Å². The van der Waals surface area contributed by atoms with E-state index in [1.165, 1.54) is 5.56 Å². The summed E-state index contributed by atoms with van der Waals surface area (Å²) in [5, 5.41) is 9.47. The quantitative estimate of drug-likeness (QED) is 0.168. The summed E-state index contributed by atoms with van der Waals surface area (Å²) in [5.74, 6) is 1.50. The molecule has 3 aliphatic rings. The number of rotatable bonds is 8. The van der Waals surface area contributed by atoms with Gasteiger partial charge in [0.05, 0.1) is 11.7 Å². The van der Waals surface area contributed by atoms with E-state index in [2.05, 4.69) is 89.9 Å². The van der Waals surface area contributed by atoms with Crippen LogP contribution in [0.3, 0.4) is 0 Å². The smallest absolute Gasteiger partial charge is 0.410 e. The molecule has 55 heavy (non-hydrogen) atoms. The summed E-state index contributed by atoms with van der Waals surface area (Å²) in [6.45, 7) is 19.5. The van der Waals surface area contributed by atoms with Crippen molar-refractivity contribution in [2.75, 3.05) is 51.2 Å². The van der Waals surface area contributed by atoms with Gasteiger partial charge in [-0.2, -0.15) is 15.1 Å². The first-order valence-corrected chi connectivity index (χ1v) is 19.6. The largest absolute Gasteiger partial charge is 0.486 e. The SMILES string of the molecule is C=Cc1cc2c(N3CCC4(CC3)CN(C(=O)OC(C)(C)C)C4)nc(OC3CCN(C)CC3)nc2c(OCc2ccc(C)cc2)c1-c1c(C)ccc2[nH]ncc12. The predicted molar refractivity (Wildman–Crippen MR) is 218 cm³/mol. The van der Waals surface area contributed by atoms with Gasteiger partial charge in [-0.3, -0.25) is 5.10 Å². The second kappa shape index (κ2) is 14.5. The Morgan fingerprint density at radius 3 is 2.40 bits per heavy atom. The van der Waals surface area contributed by atoms with Crippen LogP contribution in [0.15, 0.2) is 55.2 Å². The molecule has 5 heterocycles. The maximum Gasteiger partial charge on any atom is 0.410 e. The average Bonchev–Trinajstić information content (AvgIpc) is 3.62. The van der Waals surface area contributed by atoms with Gasteiger partial charge in [-0.1, -0.05) is 48.6 Å². The highest BCUT2D eigenvalue weighted by atomic mass is 16.6. The van der Waals surface area contributed by atoms with Crippen LogP contribution in [0, 0.1) is 19.3 Å². The third-order valence-electron chi connectivity index (χ3n) is 11.5. The molecule has 0 atom stereocenters. The molecule has 3 saturated heterocycles. The van der Waals surface area contributed by atoms with Gasteiger partial charge in [-0.25, -0.2) is 4.79 Å². The van der Waals surface area contributed by atoms with Crippen LogP contribution in [0.2, 0.25) is 0 Å². The highest BCUT2D eigenvalue weighted by molar-refractivity contribution is 6.07. The second-order valence-electron chi connectivity index (χ2n) is 16.9. The minimum atomic E-state index is -0.513. The summed E-state index contributed by atoms with van der Waals surface area (Å²) in [6.07, 6.45) is 7.27. The lowest BCUT2D eigenvalue weighted by atomic mass is 9.72. The standard InChI is InChI=1S/C44H53N7O4/c1-8-31-23-33-38(39(53-25-30-12-9-28(2)10-13-30)37(31)36-29(3)11-14-35-34(36)24-45-48-35)46-41(54-32-15-19-49(7)20-16-32)47-40(33)50-21-17-44(18-22-50)26-51(27-44)42(52)55-43(4,5)6/h8-14,23-24,32H,1,15-22,25-27H2,2-7H3,(H,45,48). The first kappa shape index (κ1) is 36.8. The molecule has 1 spiro atoms. The van der Waals surface area contributed by atoms with Crippen molar-refractivity contribution in [3.63, 3.8) is 0 Å². The number of aromatic nitrogens is 4. The molecule has 1 amide bonds. The number of carbonyl (C=O) groups is 1. The zero-order valence-electron chi connectivity index (χ0n) is 33.1. The second-order valence-corrected chi connectivity index (χ2v) is 16.9. The van der Waals surface area contributed by atoms with Crippen molar-refractivity contribution in [3.8, 4) is 22.9 Å². The lowest BCUT2D eigenvalue weighted by Gasteiger charge is -2.53. The summed E-state index contributed by atoms with van der Waals surface area (Å²) in [4.78, 5) is 29.8. The van der Waals surface area contributed by atoms with Gasteiger partial charge in [0.1, 0.15) is 29.6 Å². The molecule has 0 unspecified atom stereocenters. The fraction of sp³-hybridized carbons (Fsp3) is 0.455. The number of nitrogens with one attached hydrogen (secondary N) is 1. The maximum absolute atomic E-state index is 12.8. The van der Waals surface area contributed by atoms with Crippen LogP contribution in [0.1, 0.15) is 68.7 Å². The topological polar surface area (TPSA) is 109 Å². The first-order chi connectivity index (χ1) is 26.4. The summed E-state index contributed by atoms with van der Waals surface area (Å²) in [7, 11) is 2.15. The van der Waals surface area contributed by atoms with Crippen LogP contribution in [0.5, 0.6) is 11.8 Å². The number of hydrogen-bond donors (Lipinski definition) is 1. The molecule has 0 saturated carbocycles. The lowest BCUT2D eigenvalue weighted by Crippen LogP contribution is -2.62. The summed E-state index contributed by atoms with van der Waals surface area (Å²) in [5.41, 5.74) is 7.44.